The lowest BCUT2D eigenvalue weighted by Gasteiger charge is -2.19. The standard InChI is InChI=1S/C20H31N7.HI/c1-16-24-25-19(27(16)3)15-23-20(22-14-17-10-11-17)21-12-7-13-26(2)18-8-5-4-6-9-18;/h4-6,8-9,17H,7,10-15H2,1-3H3,(H2,21,22,23);1H. The summed E-state index contributed by atoms with van der Waals surface area (Å²) in [4.78, 5) is 6.98. The highest BCUT2D eigenvalue weighted by atomic mass is 127. The molecule has 0 unspecified atom stereocenters. The number of aliphatic imine (C=N–C) groups is 1. The SMILES string of the molecule is Cc1nnc(CN=C(NCCCN(C)c2ccccc2)NCC2CC2)n1C.I. The molecule has 7 nitrogen and oxygen atoms in total. The zero-order valence-corrected chi connectivity index (χ0v) is 19.4. The van der Waals surface area contributed by atoms with Crippen LogP contribution in [0.15, 0.2) is 35.3 Å². The maximum atomic E-state index is 4.70. The van der Waals surface area contributed by atoms with Gasteiger partial charge in [0.2, 0.25) is 0 Å². The van der Waals surface area contributed by atoms with E-state index in [1.165, 1.54) is 18.5 Å². The van der Waals surface area contributed by atoms with Gasteiger partial charge in [-0.3, -0.25) is 0 Å². The summed E-state index contributed by atoms with van der Waals surface area (Å²) in [7, 11) is 4.11. The molecular weight excluding hydrogens is 465 g/mol. The monoisotopic (exact) mass is 497 g/mol. The van der Waals surface area contributed by atoms with Crippen molar-refractivity contribution in [2.75, 3.05) is 31.6 Å². The number of guanidine groups is 1. The summed E-state index contributed by atoms with van der Waals surface area (Å²) in [5.41, 5.74) is 1.25. The average molecular weight is 497 g/mol. The van der Waals surface area contributed by atoms with Crippen LogP contribution in [0.4, 0.5) is 5.69 Å². The summed E-state index contributed by atoms with van der Waals surface area (Å²) in [6, 6.07) is 10.5. The lowest BCUT2D eigenvalue weighted by atomic mass is 10.3. The Hall–Kier alpha value is -1.84. The third-order valence-corrected chi connectivity index (χ3v) is 4.98. The van der Waals surface area contributed by atoms with Gasteiger partial charge in [-0.25, -0.2) is 4.99 Å². The Kier molecular flexibility index (Phi) is 9.01. The molecule has 0 atom stereocenters. The normalized spacial score (nSPS) is 13.8. The highest BCUT2D eigenvalue weighted by Crippen LogP contribution is 2.27. The Morgan fingerprint density at radius 3 is 2.61 bits per heavy atom. The molecule has 8 heteroatoms. The molecule has 28 heavy (non-hydrogen) atoms. The topological polar surface area (TPSA) is 70.4 Å². The summed E-state index contributed by atoms with van der Waals surface area (Å²) >= 11 is 0. The Balaban J connectivity index is 0.00000280. The van der Waals surface area contributed by atoms with Gasteiger partial charge in [0.05, 0.1) is 0 Å². The number of nitrogens with one attached hydrogen (secondary N) is 2. The van der Waals surface area contributed by atoms with Crippen LogP contribution in [0.25, 0.3) is 0 Å². The summed E-state index contributed by atoms with van der Waals surface area (Å²) in [6.45, 7) is 5.35. The van der Waals surface area contributed by atoms with Gasteiger partial charge in [-0.2, -0.15) is 0 Å². The molecule has 0 bridgehead atoms. The molecule has 1 saturated carbocycles. The second-order valence-corrected chi connectivity index (χ2v) is 7.25. The summed E-state index contributed by atoms with van der Waals surface area (Å²) in [5, 5.41) is 15.2. The van der Waals surface area contributed by atoms with Gasteiger partial charge in [-0.15, -0.1) is 34.2 Å². The lowest BCUT2D eigenvalue weighted by Crippen LogP contribution is -2.39. The fraction of sp³-hybridized carbons (Fsp3) is 0.550. The van der Waals surface area contributed by atoms with Gasteiger partial charge in [-0.05, 0) is 44.2 Å². The molecule has 1 aliphatic rings. The molecule has 1 aliphatic carbocycles. The van der Waals surface area contributed by atoms with E-state index in [0.29, 0.717) is 6.54 Å². The van der Waals surface area contributed by atoms with E-state index in [1.54, 1.807) is 0 Å². The number of aromatic nitrogens is 3. The summed E-state index contributed by atoms with van der Waals surface area (Å²) in [5.74, 6) is 3.46. The number of hydrogen-bond donors (Lipinski definition) is 2. The predicted octanol–water partition coefficient (Wildman–Crippen LogP) is 2.71. The Morgan fingerprint density at radius 2 is 1.96 bits per heavy atom. The molecule has 0 aliphatic heterocycles. The molecule has 0 spiro atoms. The van der Waals surface area contributed by atoms with E-state index in [-0.39, 0.29) is 24.0 Å². The fourth-order valence-corrected chi connectivity index (χ4v) is 2.81. The third kappa shape index (κ3) is 6.96. The van der Waals surface area contributed by atoms with Gasteiger partial charge in [0.15, 0.2) is 11.8 Å². The molecule has 2 N–H and O–H groups in total. The minimum Gasteiger partial charge on any atom is -0.375 e. The highest BCUT2D eigenvalue weighted by molar-refractivity contribution is 14.0. The van der Waals surface area contributed by atoms with Crippen molar-refractivity contribution in [2.24, 2.45) is 18.0 Å². The van der Waals surface area contributed by atoms with E-state index < -0.39 is 0 Å². The van der Waals surface area contributed by atoms with Gasteiger partial charge < -0.3 is 20.1 Å². The van der Waals surface area contributed by atoms with Crippen LogP contribution in [0.2, 0.25) is 0 Å². The van der Waals surface area contributed by atoms with Crippen LogP contribution in [0.5, 0.6) is 0 Å². The molecular formula is C20H32IN7. The number of aryl methyl sites for hydroxylation is 1. The number of hydrogen-bond acceptors (Lipinski definition) is 4. The smallest absolute Gasteiger partial charge is 0.191 e. The second-order valence-electron chi connectivity index (χ2n) is 7.25. The van der Waals surface area contributed by atoms with Crippen LogP contribution in [-0.2, 0) is 13.6 Å². The first-order valence-corrected chi connectivity index (χ1v) is 9.76. The van der Waals surface area contributed by atoms with Crippen LogP contribution < -0.4 is 15.5 Å². The maximum Gasteiger partial charge on any atom is 0.191 e. The number of nitrogens with zero attached hydrogens (tertiary/aromatic N) is 5. The van der Waals surface area contributed by atoms with Crippen LogP contribution >= 0.6 is 24.0 Å². The minimum absolute atomic E-state index is 0. The van der Waals surface area contributed by atoms with Crippen LogP contribution in [0.1, 0.15) is 30.9 Å². The zero-order chi connectivity index (χ0) is 19.1. The van der Waals surface area contributed by atoms with Gasteiger partial charge in [0.1, 0.15) is 12.4 Å². The molecule has 1 aromatic heterocycles. The van der Waals surface area contributed by atoms with E-state index in [2.05, 4.69) is 57.0 Å². The van der Waals surface area contributed by atoms with Crippen molar-refractivity contribution in [3.05, 3.63) is 42.0 Å². The first-order valence-electron chi connectivity index (χ1n) is 9.76. The number of halogens is 1. The van der Waals surface area contributed by atoms with E-state index in [4.69, 9.17) is 4.99 Å². The van der Waals surface area contributed by atoms with Crippen molar-refractivity contribution in [3.63, 3.8) is 0 Å². The lowest BCUT2D eigenvalue weighted by molar-refractivity contribution is 0.698. The third-order valence-electron chi connectivity index (χ3n) is 4.98. The summed E-state index contributed by atoms with van der Waals surface area (Å²) in [6.07, 6.45) is 3.69. The van der Waals surface area contributed by atoms with Gasteiger partial charge in [-0.1, -0.05) is 18.2 Å². The van der Waals surface area contributed by atoms with E-state index in [0.717, 1.165) is 49.6 Å². The molecule has 3 rings (SSSR count). The van der Waals surface area contributed by atoms with Crippen molar-refractivity contribution < 1.29 is 0 Å². The van der Waals surface area contributed by atoms with E-state index in [1.807, 2.05) is 24.6 Å². The number of benzene rings is 1. The van der Waals surface area contributed by atoms with Gasteiger partial charge >= 0.3 is 0 Å². The highest BCUT2D eigenvalue weighted by Gasteiger charge is 2.21. The fourth-order valence-electron chi connectivity index (χ4n) is 2.81. The molecule has 1 heterocycles. The van der Waals surface area contributed by atoms with Crippen molar-refractivity contribution in [1.82, 2.24) is 25.4 Å². The predicted molar refractivity (Wildman–Crippen MR) is 125 cm³/mol. The average Bonchev–Trinajstić information content (AvgIpc) is 3.47. The molecule has 154 valence electrons. The Bertz CT molecular complexity index is 740. The second kappa shape index (κ2) is 11.2. The van der Waals surface area contributed by atoms with E-state index >= 15 is 0 Å². The van der Waals surface area contributed by atoms with Crippen molar-refractivity contribution in [2.45, 2.75) is 32.7 Å². The molecule has 0 amide bonds. The Labute approximate surface area is 185 Å². The largest absolute Gasteiger partial charge is 0.375 e. The number of rotatable bonds is 9. The quantitative estimate of drug-likeness (QED) is 0.241. The van der Waals surface area contributed by atoms with E-state index in [9.17, 15) is 0 Å². The molecule has 1 aromatic carbocycles. The van der Waals surface area contributed by atoms with Gasteiger partial charge in [0.25, 0.3) is 0 Å². The Morgan fingerprint density at radius 1 is 1.21 bits per heavy atom. The van der Waals surface area contributed by atoms with Crippen LogP contribution in [0.3, 0.4) is 0 Å². The first kappa shape index (κ1) is 22.4. The zero-order valence-electron chi connectivity index (χ0n) is 17.1. The minimum atomic E-state index is 0. The molecule has 0 saturated heterocycles. The van der Waals surface area contributed by atoms with Crippen molar-refractivity contribution in [3.8, 4) is 0 Å². The first-order chi connectivity index (χ1) is 13.1. The molecule has 1 fully saturated rings. The molecule has 2 aromatic rings. The summed E-state index contributed by atoms with van der Waals surface area (Å²) < 4.78 is 1.98. The van der Waals surface area contributed by atoms with Crippen molar-refractivity contribution >= 4 is 35.6 Å². The number of para-hydroxylation sites is 1. The van der Waals surface area contributed by atoms with Crippen molar-refractivity contribution in [1.29, 1.82) is 0 Å². The van der Waals surface area contributed by atoms with Crippen LogP contribution in [-0.4, -0.2) is 47.4 Å². The van der Waals surface area contributed by atoms with Gasteiger partial charge in [0, 0.05) is 39.4 Å². The molecule has 0 radical (unpaired) electrons. The van der Waals surface area contributed by atoms with Crippen LogP contribution in [0, 0.1) is 12.8 Å². The number of anilines is 1. The maximum absolute atomic E-state index is 4.70.